The zero-order valence-corrected chi connectivity index (χ0v) is 14.6. The first kappa shape index (κ1) is 16.6. The third kappa shape index (κ3) is 3.53. The Morgan fingerprint density at radius 3 is 2.68 bits per heavy atom. The number of carbonyl (C=O) groups excluding carboxylic acids is 1. The molecule has 0 aliphatic rings. The lowest BCUT2D eigenvalue weighted by atomic mass is 10.1. The van der Waals surface area contributed by atoms with Gasteiger partial charge in [-0.1, -0.05) is 13.8 Å². The van der Waals surface area contributed by atoms with Crippen molar-refractivity contribution in [3.05, 3.63) is 27.3 Å². The number of amides is 1. The van der Waals surface area contributed by atoms with Crippen LogP contribution in [-0.2, 0) is 26.4 Å². The van der Waals surface area contributed by atoms with Gasteiger partial charge < -0.3 is 10.2 Å². The van der Waals surface area contributed by atoms with Crippen molar-refractivity contribution in [1.29, 1.82) is 0 Å². The summed E-state index contributed by atoms with van der Waals surface area (Å²) in [7, 11) is 5.82. The Morgan fingerprint density at radius 2 is 2.09 bits per heavy atom. The van der Waals surface area contributed by atoms with Crippen molar-refractivity contribution >= 4 is 23.1 Å². The average Bonchev–Trinajstić information content (AvgIpc) is 3.03. The molecule has 1 amide bonds. The van der Waals surface area contributed by atoms with Crippen molar-refractivity contribution < 1.29 is 4.79 Å². The summed E-state index contributed by atoms with van der Waals surface area (Å²) in [5, 5.41) is 10.2. The van der Waals surface area contributed by atoms with Gasteiger partial charge in [-0.3, -0.25) is 9.48 Å². The molecule has 1 N–H and O–H groups in total. The van der Waals surface area contributed by atoms with E-state index in [4.69, 9.17) is 0 Å². The molecule has 2 rings (SSSR count). The highest BCUT2D eigenvalue weighted by Crippen LogP contribution is 2.21. The molecule has 0 aliphatic heterocycles. The lowest BCUT2D eigenvalue weighted by molar-refractivity contribution is 0.102. The minimum absolute atomic E-state index is 0.179. The molecule has 120 valence electrons. The summed E-state index contributed by atoms with van der Waals surface area (Å²) in [6.45, 7) is 4.88. The molecular weight excluding hydrogens is 298 g/mol. The SMILES string of the molecule is CCc1nn(C)c(NC(=O)c2csc(CN(C)C)n2)c1CC. The molecule has 2 heterocycles. The summed E-state index contributed by atoms with van der Waals surface area (Å²) < 4.78 is 1.74. The molecular formula is C15H23N5OS. The lowest BCUT2D eigenvalue weighted by Gasteiger charge is -2.07. The first-order valence-electron chi connectivity index (χ1n) is 7.41. The normalized spacial score (nSPS) is 11.2. The summed E-state index contributed by atoms with van der Waals surface area (Å²) in [6.07, 6.45) is 1.70. The Kier molecular flexibility index (Phi) is 5.31. The number of anilines is 1. The number of nitrogens with one attached hydrogen (secondary N) is 1. The van der Waals surface area contributed by atoms with Crippen LogP contribution >= 0.6 is 11.3 Å². The summed E-state index contributed by atoms with van der Waals surface area (Å²) >= 11 is 1.50. The predicted molar refractivity (Wildman–Crippen MR) is 89.4 cm³/mol. The van der Waals surface area contributed by atoms with E-state index in [0.717, 1.165) is 41.5 Å². The fourth-order valence-electron chi connectivity index (χ4n) is 2.37. The number of thiazole rings is 1. The summed E-state index contributed by atoms with van der Waals surface area (Å²) in [5.74, 6) is 0.591. The number of hydrogen-bond donors (Lipinski definition) is 1. The van der Waals surface area contributed by atoms with Gasteiger partial charge in [-0.15, -0.1) is 11.3 Å². The van der Waals surface area contributed by atoms with Crippen LogP contribution in [0.5, 0.6) is 0 Å². The molecule has 0 aliphatic carbocycles. The quantitative estimate of drug-likeness (QED) is 0.887. The molecule has 7 heteroatoms. The molecule has 0 unspecified atom stereocenters. The molecule has 0 bridgehead atoms. The van der Waals surface area contributed by atoms with Crippen molar-refractivity contribution in [1.82, 2.24) is 19.7 Å². The van der Waals surface area contributed by atoms with Crippen LogP contribution in [0.15, 0.2) is 5.38 Å². The van der Waals surface area contributed by atoms with E-state index >= 15 is 0 Å². The summed E-state index contributed by atoms with van der Waals surface area (Å²) in [4.78, 5) is 18.8. The summed E-state index contributed by atoms with van der Waals surface area (Å²) in [6, 6.07) is 0. The molecule has 2 aromatic heterocycles. The Bertz CT molecular complexity index is 659. The standard InChI is InChI=1S/C15H23N5OS/c1-6-10-11(7-2)18-20(5)14(10)17-15(21)12-9-22-13(16-12)8-19(3)4/h9H,6-8H2,1-5H3,(H,17,21). The van der Waals surface area contributed by atoms with Gasteiger partial charge in [-0.25, -0.2) is 4.98 Å². The minimum Gasteiger partial charge on any atom is -0.305 e. The van der Waals surface area contributed by atoms with Gasteiger partial charge in [-0.05, 0) is 26.9 Å². The summed E-state index contributed by atoms with van der Waals surface area (Å²) in [5.41, 5.74) is 2.59. The fraction of sp³-hybridized carbons (Fsp3) is 0.533. The maximum Gasteiger partial charge on any atom is 0.276 e. The smallest absolute Gasteiger partial charge is 0.276 e. The molecule has 0 saturated heterocycles. The number of rotatable bonds is 6. The fourth-order valence-corrected chi connectivity index (χ4v) is 3.26. The minimum atomic E-state index is -0.179. The van der Waals surface area contributed by atoms with Gasteiger partial charge in [-0.2, -0.15) is 5.10 Å². The number of aromatic nitrogens is 3. The monoisotopic (exact) mass is 321 g/mol. The van der Waals surface area contributed by atoms with Gasteiger partial charge in [0.15, 0.2) is 0 Å². The second-order valence-electron chi connectivity index (χ2n) is 5.42. The average molecular weight is 321 g/mol. The number of carbonyl (C=O) groups is 1. The van der Waals surface area contributed by atoms with E-state index in [1.54, 1.807) is 10.1 Å². The number of aryl methyl sites for hydroxylation is 2. The van der Waals surface area contributed by atoms with E-state index < -0.39 is 0 Å². The van der Waals surface area contributed by atoms with E-state index in [-0.39, 0.29) is 5.91 Å². The molecule has 2 aromatic rings. The third-order valence-electron chi connectivity index (χ3n) is 3.38. The second-order valence-corrected chi connectivity index (χ2v) is 6.37. The number of hydrogen-bond acceptors (Lipinski definition) is 5. The van der Waals surface area contributed by atoms with E-state index in [0.29, 0.717) is 5.69 Å². The zero-order chi connectivity index (χ0) is 16.3. The first-order chi connectivity index (χ1) is 10.5. The van der Waals surface area contributed by atoms with Crippen LogP contribution in [0.25, 0.3) is 0 Å². The van der Waals surface area contributed by atoms with Crippen LogP contribution in [-0.4, -0.2) is 39.7 Å². The predicted octanol–water partition coefficient (Wildman–Crippen LogP) is 2.32. The maximum atomic E-state index is 12.4. The first-order valence-corrected chi connectivity index (χ1v) is 8.29. The van der Waals surface area contributed by atoms with Crippen LogP contribution < -0.4 is 5.32 Å². The van der Waals surface area contributed by atoms with E-state index in [1.807, 2.05) is 26.0 Å². The molecule has 0 aromatic carbocycles. The van der Waals surface area contributed by atoms with Crippen LogP contribution in [0, 0.1) is 0 Å². The van der Waals surface area contributed by atoms with Crippen molar-refractivity contribution in [3.8, 4) is 0 Å². The largest absolute Gasteiger partial charge is 0.305 e. The molecule has 0 saturated carbocycles. The van der Waals surface area contributed by atoms with Gasteiger partial charge in [0.1, 0.15) is 16.5 Å². The Morgan fingerprint density at radius 1 is 1.36 bits per heavy atom. The van der Waals surface area contributed by atoms with Gasteiger partial charge in [0.2, 0.25) is 0 Å². The highest BCUT2D eigenvalue weighted by atomic mass is 32.1. The topological polar surface area (TPSA) is 63.1 Å². The zero-order valence-electron chi connectivity index (χ0n) is 13.8. The lowest BCUT2D eigenvalue weighted by Crippen LogP contribution is -2.16. The van der Waals surface area contributed by atoms with Gasteiger partial charge in [0, 0.05) is 24.5 Å². The number of nitrogens with zero attached hydrogens (tertiary/aromatic N) is 4. The highest BCUT2D eigenvalue weighted by molar-refractivity contribution is 7.09. The van der Waals surface area contributed by atoms with Crippen LogP contribution in [0.2, 0.25) is 0 Å². The van der Waals surface area contributed by atoms with E-state index in [9.17, 15) is 4.79 Å². The van der Waals surface area contributed by atoms with E-state index in [2.05, 4.69) is 29.2 Å². The Labute approximate surface area is 135 Å². The van der Waals surface area contributed by atoms with Crippen LogP contribution in [0.3, 0.4) is 0 Å². The molecule has 0 fully saturated rings. The Balaban J connectivity index is 2.18. The van der Waals surface area contributed by atoms with Crippen LogP contribution in [0.4, 0.5) is 5.82 Å². The van der Waals surface area contributed by atoms with Crippen molar-refractivity contribution in [2.75, 3.05) is 19.4 Å². The third-order valence-corrected chi connectivity index (χ3v) is 4.22. The molecule has 0 spiro atoms. The van der Waals surface area contributed by atoms with Gasteiger partial charge >= 0.3 is 0 Å². The Hall–Kier alpha value is -1.73. The van der Waals surface area contributed by atoms with Gasteiger partial charge in [0.25, 0.3) is 5.91 Å². The highest BCUT2D eigenvalue weighted by Gasteiger charge is 2.18. The second kappa shape index (κ2) is 7.02. The van der Waals surface area contributed by atoms with Gasteiger partial charge in [0.05, 0.1) is 5.69 Å². The molecule has 6 nitrogen and oxygen atoms in total. The van der Waals surface area contributed by atoms with Crippen molar-refractivity contribution in [3.63, 3.8) is 0 Å². The molecule has 0 atom stereocenters. The van der Waals surface area contributed by atoms with Crippen molar-refractivity contribution in [2.45, 2.75) is 33.2 Å². The molecule has 0 radical (unpaired) electrons. The molecule has 22 heavy (non-hydrogen) atoms. The maximum absolute atomic E-state index is 12.4. The van der Waals surface area contributed by atoms with Crippen LogP contribution in [0.1, 0.15) is 40.6 Å². The van der Waals surface area contributed by atoms with E-state index in [1.165, 1.54) is 11.3 Å². The van der Waals surface area contributed by atoms with Crippen molar-refractivity contribution in [2.24, 2.45) is 7.05 Å².